The molecule has 0 radical (unpaired) electrons. The van der Waals surface area contributed by atoms with Gasteiger partial charge in [0.15, 0.2) is 11.6 Å². The molecule has 0 bridgehead atoms. The zero-order chi connectivity index (χ0) is 17.0. The van der Waals surface area contributed by atoms with E-state index >= 15 is 0 Å². The third kappa shape index (κ3) is 4.04. The second-order valence-corrected chi connectivity index (χ2v) is 4.99. The van der Waals surface area contributed by atoms with Gasteiger partial charge in [-0.05, 0) is 42.3 Å². The van der Waals surface area contributed by atoms with Crippen LogP contribution in [-0.4, -0.2) is 24.8 Å². The van der Waals surface area contributed by atoms with Crippen molar-refractivity contribution in [2.24, 2.45) is 0 Å². The number of halogens is 2. The summed E-state index contributed by atoms with van der Waals surface area (Å²) in [6.45, 7) is 1.60. The molecule has 2 rings (SSSR count). The van der Waals surface area contributed by atoms with Crippen molar-refractivity contribution in [2.75, 3.05) is 13.7 Å². The molecule has 2 aromatic carbocycles. The van der Waals surface area contributed by atoms with Crippen LogP contribution in [0.1, 0.15) is 27.6 Å². The van der Waals surface area contributed by atoms with Crippen LogP contribution < -0.4 is 4.74 Å². The number of hydrogen-bond acceptors (Lipinski definition) is 4. The predicted molar refractivity (Wildman–Crippen MR) is 79.3 cm³/mol. The topological polar surface area (TPSA) is 55.8 Å². The smallest absolute Gasteiger partial charge is 0.341 e. The highest BCUT2D eigenvalue weighted by Gasteiger charge is 2.16. The number of hydrogen-bond donors (Lipinski definition) is 1. The summed E-state index contributed by atoms with van der Waals surface area (Å²) in [6.07, 6.45) is -1.17. The van der Waals surface area contributed by atoms with Gasteiger partial charge in [0.25, 0.3) is 0 Å². The normalized spacial score (nSPS) is 11.9. The zero-order valence-corrected chi connectivity index (χ0v) is 12.7. The SMILES string of the molecule is COC(=O)c1ccc(C)cc1OCC(O)c1ccc(F)c(F)c1. The number of esters is 1. The molecule has 0 heterocycles. The molecule has 0 spiro atoms. The monoisotopic (exact) mass is 322 g/mol. The minimum Gasteiger partial charge on any atom is -0.490 e. The first-order valence-corrected chi connectivity index (χ1v) is 6.87. The van der Waals surface area contributed by atoms with Gasteiger partial charge < -0.3 is 14.6 Å². The molecule has 0 fully saturated rings. The molecule has 6 heteroatoms. The van der Waals surface area contributed by atoms with Crippen molar-refractivity contribution in [1.29, 1.82) is 0 Å². The van der Waals surface area contributed by atoms with Gasteiger partial charge in [-0.15, -0.1) is 0 Å². The van der Waals surface area contributed by atoms with E-state index in [2.05, 4.69) is 4.74 Å². The summed E-state index contributed by atoms with van der Waals surface area (Å²) >= 11 is 0. The van der Waals surface area contributed by atoms with E-state index in [0.717, 1.165) is 17.7 Å². The Hall–Kier alpha value is -2.47. The van der Waals surface area contributed by atoms with Crippen LogP contribution in [0.3, 0.4) is 0 Å². The highest BCUT2D eigenvalue weighted by atomic mass is 19.2. The Morgan fingerprint density at radius 2 is 1.91 bits per heavy atom. The number of carbonyl (C=O) groups excluding carboxylic acids is 1. The molecule has 0 aliphatic heterocycles. The number of aryl methyl sites for hydroxylation is 1. The second kappa shape index (κ2) is 7.19. The van der Waals surface area contributed by atoms with Gasteiger partial charge in [-0.3, -0.25) is 0 Å². The average Bonchev–Trinajstić information content (AvgIpc) is 2.54. The molecule has 0 saturated heterocycles. The Morgan fingerprint density at radius 3 is 2.57 bits per heavy atom. The van der Waals surface area contributed by atoms with Crippen molar-refractivity contribution in [3.8, 4) is 5.75 Å². The van der Waals surface area contributed by atoms with E-state index in [1.807, 2.05) is 6.92 Å². The molecule has 23 heavy (non-hydrogen) atoms. The number of aliphatic hydroxyl groups is 1. The molecule has 1 atom stereocenters. The Balaban J connectivity index is 2.15. The summed E-state index contributed by atoms with van der Waals surface area (Å²) in [4.78, 5) is 11.7. The summed E-state index contributed by atoms with van der Waals surface area (Å²) in [5.74, 6) is -2.36. The summed E-state index contributed by atoms with van der Waals surface area (Å²) in [7, 11) is 1.25. The van der Waals surface area contributed by atoms with Crippen LogP contribution in [-0.2, 0) is 4.74 Å². The van der Waals surface area contributed by atoms with Crippen LogP contribution in [0.15, 0.2) is 36.4 Å². The highest BCUT2D eigenvalue weighted by Crippen LogP contribution is 2.23. The number of ether oxygens (including phenoxy) is 2. The summed E-state index contributed by atoms with van der Waals surface area (Å²) in [6, 6.07) is 8.01. The van der Waals surface area contributed by atoms with E-state index in [0.29, 0.717) is 0 Å². The van der Waals surface area contributed by atoms with Crippen molar-refractivity contribution in [3.05, 3.63) is 64.7 Å². The van der Waals surface area contributed by atoms with Gasteiger partial charge in [0, 0.05) is 0 Å². The highest BCUT2D eigenvalue weighted by molar-refractivity contribution is 5.92. The van der Waals surface area contributed by atoms with E-state index in [1.54, 1.807) is 18.2 Å². The van der Waals surface area contributed by atoms with E-state index in [9.17, 15) is 18.7 Å². The first-order chi connectivity index (χ1) is 10.9. The van der Waals surface area contributed by atoms with Crippen LogP contribution in [0.2, 0.25) is 0 Å². The first kappa shape index (κ1) is 16.9. The maximum atomic E-state index is 13.2. The van der Waals surface area contributed by atoms with Crippen LogP contribution >= 0.6 is 0 Å². The van der Waals surface area contributed by atoms with E-state index in [1.165, 1.54) is 13.2 Å². The largest absolute Gasteiger partial charge is 0.490 e. The Labute approximate surface area is 132 Å². The standard InChI is InChI=1S/C17H16F2O4/c1-10-3-5-12(17(21)22-2)16(7-10)23-9-15(20)11-4-6-13(18)14(19)8-11/h3-8,15,20H,9H2,1-2H3. The first-order valence-electron chi connectivity index (χ1n) is 6.87. The van der Waals surface area contributed by atoms with Crippen LogP contribution in [0, 0.1) is 18.6 Å². The van der Waals surface area contributed by atoms with Gasteiger partial charge in [0.1, 0.15) is 24.0 Å². The molecule has 0 aliphatic carbocycles. The maximum absolute atomic E-state index is 13.2. The van der Waals surface area contributed by atoms with Crippen LogP contribution in [0.4, 0.5) is 8.78 Å². The fraction of sp³-hybridized carbons (Fsp3) is 0.235. The molecular formula is C17H16F2O4. The van der Waals surface area contributed by atoms with Gasteiger partial charge in [-0.2, -0.15) is 0 Å². The van der Waals surface area contributed by atoms with E-state index in [4.69, 9.17) is 4.74 Å². The molecule has 0 aromatic heterocycles. The third-order valence-electron chi connectivity index (χ3n) is 3.27. The number of aliphatic hydroxyl groups excluding tert-OH is 1. The van der Waals surface area contributed by atoms with Crippen molar-refractivity contribution >= 4 is 5.97 Å². The number of carbonyl (C=O) groups is 1. The van der Waals surface area contributed by atoms with Crippen LogP contribution in [0.5, 0.6) is 5.75 Å². The second-order valence-electron chi connectivity index (χ2n) is 4.99. The van der Waals surface area contributed by atoms with Crippen molar-refractivity contribution in [3.63, 3.8) is 0 Å². The molecule has 0 amide bonds. The maximum Gasteiger partial charge on any atom is 0.341 e. The number of benzene rings is 2. The van der Waals surface area contributed by atoms with Gasteiger partial charge in [0.2, 0.25) is 0 Å². The molecule has 0 saturated carbocycles. The number of methoxy groups -OCH3 is 1. The lowest BCUT2D eigenvalue weighted by Gasteiger charge is -2.15. The summed E-state index contributed by atoms with van der Waals surface area (Å²) < 4.78 is 36.2. The Bertz CT molecular complexity index is 716. The predicted octanol–water partition coefficient (Wildman–Crippen LogP) is 3.17. The minimum absolute atomic E-state index is 0.177. The zero-order valence-electron chi connectivity index (χ0n) is 12.7. The Kier molecular flexibility index (Phi) is 5.28. The molecule has 4 nitrogen and oxygen atoms in total. The molecular weight excluding hydrogens is 306 g/mol. The average molecular weight is 322 g/mol. The van der Waals surface area contributed by atoms with E-state index in [-0.39, 0.29) is 23.5 Å². The van der Waals surface area contributed by atoms with Gasteiger partial charge in [-0.25, -0.2) is 13.6 Å². The summed E-state index contributed by atoms with van der Waals surface area (Å²) in [5, 5.41) is 10.0. The molecule has 122 valence electrons. The van der Waals surface area contributed by atoms with Gasteiger partial charge in [-0.1, -0.05) is 12.1 Å². The quantitative estimate of drug-likeness (QED) is 0.859. The van der Waals surface area contributed by atoms with Crippen molar-refractivity contribution < 1.29 is 28.2 Å². The van der Waals surface area contributed by atoms with Gasteiger partial charge >= 0.3 is 5.97 Å². The lowest BCUT2D eigenvalue weighted by molar-refractivity contribution is 0.0588. The van der Waals surface area contributed by atoms with Crippen molar-refractivity contribution in [2.45, 2.75) is 13.0 Å². The Morgan fingerprint density at radius 1 is 1.17 bits per heavy atom. The third-order valence-corrected chi connectivity index (χ3v) is 3.27. The van der Waals surface area contributed by atoms with Gasteiger partial charge in [0.05, 0.1) is 7.11 Å². The fourth-order valence-electron chi connectivity index (χ4n) is 2.01. The molecule has 0 aliphatic rings. The lowest BCUT2D eigenvalue weighted by Crippen LogP contribution is -2.13. The van der Waals surface area contributed by atoms with Crippen LogP contribution in [0.25, 0.3) is 0 Å². The molecule has 2 aromatic rings. The summed E-state index contributed by atoms with van der Waals surface area (Å²) in [5.41, 5.74) is 1.25. The molecule has 1 N–H and O–H groups in total. The van der Waals surface area contributed by atoms with Crippen molar-refractivity contribution in [1.82, 2.24) is 0 Å². The fourth-order valence-corrected chi connectivity index (χ4v) is 2.01. The lowest BCUT2D eigenvalue weighted by atomic mass is 10.1. The number of rotatable bonds is 5. The molecule has 1 unspecified atom stereocenters. The van der Waals surface area contributed by atoms with E-state index < -0.39 is 23.7 Å². The minimum atomic E-state index is -1.17.